The van der Waals surface area contributed by atoms with Crippen LogP contribution >= 0.6 is 0 Å². The average Bonchev–Trinajstić information content (AvgIpc) is 2.37. The van der Waals surface area contributed by atoms with Gasteiger partial charge in [0.15, 0.2) is 0 Å². The minimum Gasteiger partial charge on any atom is -0.399 e. The highest BCUT2D eigenvalue weighted by atomic mass is 32.2. The molecule has 5 N–H and O–H groups in total. The highest BCUT2D eigenvalue weighted by Crippen LogP contribution is 2.24. The van der Waals surface area contributed by atoms with Crippen LogP contribution in [-0.4, -0.2) is 23.8 Å². The van der Waals surface area contributed by atoms with Crippen molar-refractivity contribution in [2.24, 2.45) is 5.73 Å². The molecule has 0 bridgehead atoms. The maximum Gasteiger partial charge on any atom is 0.273 e. The molecule has 2 atom stereocenters. The second-order valence-electron chi connectivity index (χ2n) is 4.68. The number of hydrogen-bond donors (Lipinski definition) is 3. The van der Waals surface area contributed by atoms with E-state index in [4.69, 9.17) is 11.5 Å². The van der Waals surface area contributed by atoms with Crippen LogP contribution in [0.25, 0.3) is 6.08 Å². The average molecular weight is 292 g/mol. The molecule has 0 saturated carbocycles. The number of rotatable bonds is 3. The first-order chi connectivity index (χ1) is 9.31. The van der Waals surface area contributed by atoms with E-state index in [-0.39, 0.29) is 0 Å². The summed E-state index contributed by atoms with van der Waals surface area (Å²) in [6.07, 6.45) is 9.34. The molecule has 1 aromatic carbocycles. The fourth-order valence-corrected chi connectivity index (χ4v) is 2.97. The van der Waals surface area contributed by atoms with Crippen molar-refractivity contribution >= 4 is 21.9 Å². The summed E-state index contributed by atoms with van der Waals surface area (Å²) in [5.74, 6) is 0. The van der Waals surface area contributed by atoms with E-state index >= 15 is 0 Å². The SMILES string of the molecule is Nc1ccc(C=CC2(N)C=CC=CC2S(=O)(=O)O)cc1. The summed E-state index contributed by atoms with van der Waals surface area (Å²) >= 11 is 0. The van der Waals surface area contributed by atoms with Crippen LogP contribution in [0.2, 0.25) is 0 Å². The molecule has 0 amide bonds. The molecule has 20 heavy (non-hydrogen) atoms. The maximum absolute atomic E-state index is 11.4. The van der Waals surface area contributed by atoms with Gasteiger partial charge in [0.25, 0.3) is 10.1 Å². The van der Waals surface area contributed by atoms with Gasteiger partial charge in [-0.3, -0.25) is 4.55 Å². The molecule has 0 heterocycles. The largest absolute Gasteiger partial charge is 0.399 e. The molecule has 106 valence electrons. The third-order valence-corrected chi connectivity index (χ3v) is 4.30. The fourth-order valence-electron chi connectivity index (χ4n) is 2.00. The lowest BCUT2D eigenvalue weighted by Gasteiger charge is -2.29. The Labute approximate surface area is 118 Å². The first-order valence-electron chi connectivity index (χ1n) is 5.97. The summed E-state index contributed by atoms with van der Waals surface area (Å²) in [6, 6.07) is 7.06. The zero-order valence-electron chi connectivity index (χ0n) is 10.7. The van der Waals surface area contributed by atoms with Crippen LogP contribution in [0.1, 0.15) is 5.56 Å². The number of benzene rings is 1. The Hall–Kier alpha value is -1.89. The summed E-state index contributed by atoms with van der Waals surface area (Å²) in [5.41, 5.74) is 11.9. The molecule has 1 aliphatic rings. The van der Waals surface area contributed by atoms with E-state index in [0.717, 1.165) is 5.56 Å². The van der Waals surface area contributed by atoms with Crippen molar-refractivity contribution in [3.8, 4) is 0 Å². The third-order valence-electron chi connectivity index (χ3n) is 3.10. The fraction of sp³-hybridized carbons (Fsp3) is 0.143. The van der Waals surface area contributed by atoms with Crippen molar-refractivity contribution in [2.45, 2.75) is 10.8 Å². The van der Waals surface area contributed by atoms with E-state index in [0.29, 0.717) is 5.69 Å². The van der Waals surface area contributed by atoms with Crippen LogP contribution in [-0.2, 0) is 10.1 Å². The Bertz CT molecular complexity index is 675. The van der Waals surface area contributed by atoms with Crippen molar-refractivity contribution in [3.63, 3.8) is 0 Å². The molecule has 2 unspecified atom stereocenters. The summed E-state index contributed by atoms with van der Waals surface area (Å²) in [4.78, 5) is 0. The van der Waals surface area contributed by atoms with Crippen molar-refractivity contribution in [3.05, 3.63) is 60.2 Å². The Morgan fingerprint density at radius 2 is 1.85 bits per heavy atom. The standard InChI is InChI=1S/C14H16N2O3S/c15-12-6-4-11(5-7-12)8-10-14(16)9-2-1-3-13(14)20(17,18)19/h1-10,13H,15-16H2,(H,17,18,19). The monoisotopic (exact) mass is 292 g/mol. The van der Waals surface area contributed by atoms with E-state index in [9.17, 15) is 13.0 Å². The van der Waals surface area contributed by atoms with Crippen LogP contribution in [0.15, 0.2) is 54.6 Å². The van der Waals surface area contributed by atoms with Crippen LogP contribution in [0.5, 0.6) is 0 Å². The van der Waals surface area contributed by atoms with Gasteiger partial charge in [-0.25, -0.2) is 0 Å². The smallest absolute Gasteiger partial charge is 0.273 e. The summed E-state index contributed by atoms with van der Waals surface area (Å²) in [6.45, 7) is 0. The summed E-state index contributed by atoms with van der Waals surface area (Å²) in [7, 11) is -4.28. The second kappa shape index (κ2) is 5.24. The van der Waals surface area contributed by atoms with Crippen LogP contribution < -0.4 is 11.5 Å². The number of nitrogen functional groups attached to an aromatic ring is 1. The predicted octanol–water partition coefficient (Wildman–Crippen LogP) is 1.36. The van der Waals surface area contributed by atoms with E-state index in [1.54, 1.807) is 54.6 Å². The van der Waals surface area contributed by atoms with Gasteiger partial charge in [0, 0.05) is 5.69 Å². The topological polar surface area (TPSA) is 106 Å². The Morgan fingerprint density at radius 3 is 2.45 bits per heavy atom. The molecule has 0 aliphatic heterocycles. The number of allylic oxidation sites excluding steroid dienone is 2. The first-order valence-corrected chi connectivity index (χ1v) is 7.47. The number of hydrogen-bond acceptors (Lipinski definition) is 4. The van der Waals surface area contributed by atoms with Crippen LogP contribution in [0, 0.1) is 0 Å². The minimum absolute atomic E-state index is 0.640. The highest BCUT2D eigenvalue weighted by Gasteiger charge is 2.38. The van der Waals surface area contributed by atoms with Gasteiger partial charge >= 0.3 is 0 Å². The number of nitrogens with two attached hydrogens (primary N) is 2. The lowest BCUT2D eigenvalue weighted by molar-refractivity contribution is 0.459. The van der Waals surface area contributed by atoms with Crippen LogP contribution in [0.3, 0.4) is 0 Å². The molecule has 0 fully saturated rings. The molecule has 0 saturated heterocycles. The molecule has 1 aliphatic carbocycles. The van der Waals surface area contributed by atoms with Gasteiger partial charge in [0.1, 0.15) is 5.25 Å². The lowest BCUT2D eigenvalue weighted by atomic mass is 9.91. The van der Waals surface area contributed by atoms with Crippen molar-refractivity contribution in [1.29, 1.82) is 0 Å². The molecular weight excluding hydrogens is 276 g/mol. The van der Waals surface area contributed by atoms with E-state index in [2.05, 4.69) is 0 Å². The quantitative estimate of drug-likeness (QED) is 0.576. The zero-order chi connectivity index (χ0) is 14.8. The van der Waals surface area contributed by atoms with Gasteiger partial charge in [0.05, 0.1) is 5.54 Å². The normalized spacial score (nSPS) is 26.2. The summed E-state index contributed by atoms with van der Waals surface area (Å²) < 4.78 is 32.1. The molecule has 0 radical (unpaired) electrons. The first kappa shape index (κ1) is 14.5. The molecule has 0 aromatic heterocycles. The van der Waals surface area contributed by atoms with Gasteiger partial charge in [0.2, 0.25) is 0 Å². The predicted molar refractivity (Wildman–Crippen MR) is 80.4 cm³/mol. The van der Waals surface area contributed by atoms with Gasteiger partial charge in [-0.15, -0.1) is 0 Å². The minimum atomic E-state index is -4.28. The van der Waals surface area contributed by atoms with Crippen molar-refractivity contribution in [2.75, 3.05) is 5.73 Å². The Kier molecular flexibility index (Phi) is 3.80. The van der Waals surface area contributed by atoms with E-state index in [1.165, 1.54) is 6.08 Å². The molecule has 0 spiro atoms. The summed E-state index contributed by atoms with van der Waals surface area (Å²) in [5, 5.41) is -1.20. The second-order valence-corrected chi connectivity index (χ2v) is 6.22. The van der Waals surface area contributed by atoms with Crippen molar-refractivity contribution in [1.82, 2.24) is 0 Å². The van der Waals surface area contributed by atoms with Crippen molar-refractivity contribution < 1.29 is 13.0 Å². The zero-order valence-corrected chi connectivity index (χ0v) is 11.5. The van der Waals surface area contributed by atoms with Crippen LogP contribution in [0.4, 0.5) is 5.69 Å². The van der Waals surface area contributed by atoms with Gasteiger partial charge in [-0.2, -0.15) is 8.42 Å². The van der Waals surface area contributed by atoms with E-state index < -0.39 is 20.9 Å². The Morgan fingerprint density at radius 1 is 1.20 bits per heavy atom. The third kappa shape index (κ3) is 3.16. The maximum atomic E-state index is 11.4. The molecular formula is C14H16N2O3S. The molecule has 6 heteroatoms. The molecule has 5 nitrogen and oxygen atoms in total. The highest BCUT2D eigenvalue weighted by molar-refractivity contribution is 7.86. The van der Waals surface area contributed by atoms with Gasteiger partial charge in [-0.05, 0) is 17.7 Å². The lowest BCUT2D eigenvalue weighted by Crippen LogP contribution is -2.51. The molecule has 2 rings (SSSR count). The van der Waals surface area contributed by atoms with Gasteiger partial charge in [-0.1, -0.05) is 48.6 Å². The molecule has 1 aromatic rings. The number of anilines is 1. The van der Waals surface area contributed by atoms with E-state index in [1.807, 2.05) is 0 Å². The van der Waals surface area contributed by atoms with Gasteiger partial charge < -0.3 is 11.5 Å². The Balaban J connectivity index is 2.32.